The molecule has 0 fully saturated rings. The Balaban J connectivity index is 2.02. The average molecular weight is 216 g/mol. The van der Waals surface area contributed by atoms with E-state index in [0.29, 0.717) is 19.6 Å². The summed E-state index contributed by atoms with van der Waals surface area (Å²) in [7, 11) is 0. The second kappa shape index (κ2) is 5.64. The molecule has 0 aromatic heterocycles. The smallest absolute Gasteiger partial charge is 0.0717 e. The van der Waals surface area contributed by atoms with Crippen molar-refractivity contribution in [2.24, 2.45) is 0 Å². The number of benzene rings is 2. The minimum atomic E-state index is 0.192. The van der Waals surface area contributed by atoms with Crippen LogP contribution in [-0.2, 0) is 11.3 Å². The van der Waals surface area contributed by atoms with E-state index in [-0.39, 0.29) is 6.61 Å². The van der Waals surface area contributed by atoms with E-state index in [1.54, 1.807) is 0 Å². The summed E-state index contributed by atoms with van der Waals surface area (Å²) in [4.78, 5) is 0. The normalized spacial score (nSPS) is 10.8. The molecule has 2 heteroatoms. The molecule has 0 aliphatic rings. The zero-order valence-corrected chi connectivity index (χ0v) is 9.23. The zero-order valence-electron chi connectivity index (χ0n) is 9.23. The molecular weight excluding hydrogens is 200 g/mol. The van der Waals surface area contributed by atoms with Crippen molar-refractivity contribution in [2.45, 2.75) is 13.0 Å². The number of rotatable bonds is 5. The van der Waals surface area contributed by atoms with E-state index in [2.05, 4.69) is 30.3 Å². The van der Waals surface area contributed by atoms with Crippen LogP contribution in [0.25, 0.3) is 10.8 Å². The standard InChI is InChI=1S/C14H16O2/c15-8-3-9-16-11-12-6-7-13-4-1-2-5-14(13)10-12/h1-2,4-7,10,15H,3,8-9,11H2. The van der Waals surface area contributed by atoms with Crippen molar-refractivity contribution in [1.82, 2.24) is 0 Å². The molecule has 0 bridgehead atoms. The van der Waals surface area contributed by atoms with Crippen molar-refractivity contribution >= 4 is 10.8 Å². The Hall–Kier alpha value is -1.38. The van der Waals surface area contributed by atoms with Crippen LogP contribution in [0, 0.1) is 0 Å². The van der Waals surface area contributed by atoms with Gasteiger partial charge >= 0.3 is 0 Å². The predicted octanol–water partition coefficient (Wildman–Crippen LogP) is 2.74. The van der Waals surface area contributed by atoms with Crippen LogP contribution < -0.4 is 0 Å². The van der Waals surface area contributed by atoms with Crippen molar-refractivity contribution in [2.75, 3.05) is 13.2 Å². The minimum Gasteiger partial charge on any atom is -0.396 e. The number of ether oxygens (including phenoxy) is 1. The maximum atomic E-state index is 8.62. The molecule has 0 atom stereocenters. The second-order valence-electron chi connectivity index (χ2n) is 3.81. The van der Waals surface area contributed by atoms with Gasteiger partial charge in [-0.2, -0.15) is 0 Å². The van der Waals surface area contributed by atoms with Crippen LogP contribution >= 0.6 is 0 Å². The third kappa shape index (κ3) is 2.81. The van der Waals surface area contributed by atoms with E-state index in [1.807, 2.05) is 12.1 Å². The second-order valence-corrected chi connectivity index (χ2v) is 3.81. The summed E-state index contributed by atoms with van der Waals surface area (Å²) in [5, 5.41) is 11.1. The Morgan fingerprint density at radius 2 is 1.81 bits per heavy atom. The Morgan fingerprint density at radius 1 is 1.00 bits per heavy atom. The van der Waals surface area contributed by atoms with Crippen molar-refractivity contribution in [3.05, 3.63) is 48.0 Å². The van der Waals surface area contributed by atoms with E-state index >= 15 is 0 Å². The van der Waals surface area contributed by atoms with Crippen LogP contribution in [-0.4, -0.2) is 18.3 Å². The van der Waals surface area contributed by atoms with Crippen LogP contribution in [0.3, 0.4) is 0 Å². The lowest BCUT2D eigenvalue weighted by atomic mass is 10.1. The number of hydrogen-bond acceptors (Lipinski definition) is 2. The van der Waals surface area contributed by atoms with Gasteiger partial charge in [0.05, 0.1) is 6.61 Å². The molecule has 0 saturated carbocycles. The average Bonchev–Trinajstić information content (AvgIpc) is 2.34. The maximum Gasteiger partial charge on any atom is 0.0717 e. The molecule has 2 aromatic carbocycles. The summed E-state index contributed by atoms with van der Waals surface area (Å²) >= 11 is 0. The van der Waals surface area contributed by atoms with Crippen LogP contribution in [0.5, 0.6) is 0 Å². The zero-order chi connectivity index (χ0) is 11.2. The van der Waals surface area contributed by atoms with Gasteiger partial charge < -0.3 is 9.84 Å². The molecule has 0 radical (unpaired) electrons. The highest BCUT2D eigenvalue weighted by molar-refractivity contribution is 5.82. The first-order chi connectivity index (χ1) is 7.90. The Labute approximate surface area is 95.5 Å². The van der Waals surface area contributed by atoms with Crippen molar-refractivity contribution in [3.63, 3.8) is 0 Å². The molecule has 84 valence electrons. The summed E-state index contributed by atoms with van der Waals surface area (Å²) in [6, 6.07) is 14.6. The van der Waals surface area contributed by atoms with Crippen molar-refractivity contribution < 1.29 is 9.84 Å². The fourth-order valence-corrected chi connectivity index (χ4v) is 1.69. The van der Waals surface area contributed by atoms with Crippen LogP contribution in [0.2, 0.25) is 0 Å². The summed E-state index contributed by atoms with van der Waals surface area (Å²) in [6.07, 6.45) is 0.702. The molecule has 0 unspecified atom stereocenters. The van der Waals surface area contributed by atoms with Gasteiger partial charge in [0.2, 0.25) is 0 Å². The van der Waals surface area contributed by atoms with Gasteiger partial charge in [-0.25, -0.2) is 0 Å². The van der Waals surface area contributed by atoms with E-state index in [0.717, 1.165) is 0 Å². The number of fused-ring (bicyclic) bond motifs is 1. The highest BCUT2D eigenvalue weighted by atomic mass is 16.5. The number of aliphatic hydroxyl groups excluding tert-OH is 1. The van der Waals surface area contributed by atoms with Gasteiger partial charge in [0.1, 0.15) is 0 Å². The topological polar surface area (TPSA) is 29.5 Å². The SMILES string of the molecule is OCCCOCc1ccc2ccccc2c1. The molecule has 0 spiro atoms. The third-order valence-electron chi connectivity index (χ3n) is 2.53. The highest BCUT2D eigenvalue weighted by Crippen LogP contribution is 2.16. The summed E-state index contributed by atoms with van der Waals surface area (Å²) < 4.78 is 5.45. The Morgan fingerprint density at radius 3 is 2.62 bits per heavy atom. The lowest BCUT2D eigenvalue weighted by molar-refractivity contribution is 0.104. The summed E-state index contributed by atoms with van der Waals surface area (Å²) in [5.41, 5.74) is 1.18. The molecule has 0 aliphatic carbocycles. The first-order valence-corrected chi connectivity index (χ1v) is 5.56. The minimum absolute atomic E-state index is 0.192. The van der Waals surface area contributed by atoms with E-state index in [9.17, 15) is 0 Å². The first-order valence-electron chi connectivity index (χ1n) is 5.56. The molecular formula is C14H16O2. The van der Waals surface area contributed by atoms with Crippen LogP contribution in [0.1, 0.15) is 12.0 Å². The van der Waals surface area contributed by atoms with E-state index < -0.39 is 0 Å². The van der Waals surface area contributed by atoms with Gasteiger partial charge in [0.25, 0.3) is 0 Å². The quantitative estimate of drug-likeness (QED) is 0.779. The number of aliphatic hydroxyl groups is 1. The van der Waals surface area contributed by atoms with Crippen molar-refractivity contribution in [3.8, 4) is 0 Å². The maximum absolute atomic E-state index is 8.62. The lowest BCUT2D eigenvalue weighted by Crippen LogP contribution is -1.97. The molecule has 0 aliphatic heterocycles. The molecule has 0 amide bonds. The molecule has 0 heterocycles. The third-order valence-corrected chi connectivity index (χ3v) is 2.53. The lowest BCUT2D eigenvalue weighted by Gasteiger charge is -2.05. The monoisotopic (exact) mass is 216 g/mol. The molecule has 16 heavy (non-hydrogen) atoms. The van der Waals surface area contributed by atoms with Gasteiger partial charge in [-0.15, -0.1) is 0 Å². The first kappa shape index (κ1) is 11.1. The van der Waals surface area contributed by atoms with E-state index in [4.69, 9.17) is 9.84 Å². The van der Waals surface area contributed by atoms with Crippen LogP contribution in [0.15, 0.2) is 42.5 Å². The molecule has 1 N–H and O–H groups in total. The fraction of sp³-hybridized carbons (Fsp3) is 0.286. The predicted molar refractivity (Wildman–Crippen MR) is 65.3 cm³/mol. The molecule has 2 aromatic rings. The number of hydrogen-bond donors (Lipinski definition) is 1. The molecule has 2 rings (SSSR count). The van der Waals surface area contributed by atoms with Gasteiger partial charge in [0, 0.05) is 13.2 Å². The summed E-state index contributed by atoms with van der Waals surface area (Å²) in [6.45, 7) is 1.42. The Bertz CT molecular complexity index is 451. The van der Waals surface area contributed by atoms with Gasteiger partial charge in [-0.05, 0) is 28.8 Å². The Kier molecular flexibility index (Phi) is 3.91. The largest absolute Gasteiger partial charge is 0.396 e. The van der Waals surface area contributed by atoms with Gasteiger partial charge in [-0.3, -0.25) is 0 Å². The van der Waals surface area contributed by atoms with Gasteiger partial charge in [0.15, 0.2) is 0 Å². The molecule has 0 saturated heterocycles. The molecule has 2 nitrogen and oxygen atoms in total. The van der Waals surface area contributed by atoms with Crippen molar-refractivity contribution in [1.29, 1.82) is 0 Å². The summed E-state index contributed by atoms with van der Waals surface area (Å²) in [5.74, 6) is 0. The van der Waals surface area contributed by atoms with Gasteiger partial charge in [-0.1, -0.05) is 36.4 Å². The van der Waals surface area contributed by atoms with E-state index in [1.165, 1.54) is 16.3 Å². The highest BCUT2D eigenvalue weighted by Gasteiger charge is 1.96. The fourth-order valence-electron chi connectivity index (χ4n) is 1.69. The van der Waals surface area contributed by atoms with Crippen LogP contribution in [0.4, 0.5) is 0 Å².